The summed E-state index contributed by atoms with van der Waals surface area (Å²) in [5.74, 6) is 0.784. The van der Waals surface area contributed by atoms with Crippen molar-refractivity contribution in [3.63, 3.8) is 0 Å². The first-order valence-electron chi connectivity index (χ1n) is 5.82. The van der Waals surface area contributed by atoms with Crippen molar-refractivity contribution in [3.8, 4) is 5.75 Å². The van der Waals surface area contributed by atoms with Gasteiger partial charge in [0.15, 0.2) is 0 Å². The summed E-state index contributed by atoms with van der Waals surface area (Å²) in [7, 11) is 0. The molecular formula is C13H20N2O2. The molecule has 0 aliphatic heterocycles. The number of carbonyl (C=O) groups excluding carboxylic acids is 1. The van der Waals surface area contributed by atoms with Crippen molar-refractivity contribution in [3.05, 3.63) is 29.8 Å². The molecule has 1 amide bonds. The highest BCUT2D eigenvalue weighted by Crippen LogP contribution is 2.17. The zero-order valence-electron chi connectivity index (χ0n) is 10.3. The number of hydrogen-bond donors (Lipinski definition) is 2. The van der Waals surface area contributed by atoms with Gasteiger partial charge in [0.25, 0.3) is 0 Å². The lowest BCUT2D eigenvalue weighted by Crippen LogP contribution is -2.28. The van der Waals surface area contributed by atoms with Crippen molar-refractivity contribution >= 4 is 5.91 Å². The van der Waals surface area contributed by atoms with E-state index in [4.69, 9.17) is 16.2 Å². The summed E-state index contributed by atoms with van der Waals surface area (Å²) in [5.41, 5.74) is 11.4. The van der Waals surface area contributed by atoms with E-state index in [0.29, 0.717) is 18.1 Å². The zero-order valence-corrected chi connectivity index (χ0v) is 10.3. The summed E-state index contributed by atoms with van der Waals surface area (Å²) in [4.78, 5) is 10.9. The first-order chi connectivity index (χ1) is 8.04. The molecule has 0 radical (unpaired) electrons. The van der Waals surface area contributed by atoms with Crippen molar-refractivity contribution in [2.75, 3.05) is 6.61 Å². The minimum Gasteiger partial charge on any atom is -0.493 e. The smallest absolute Gasteiger partial charge is 0.238 e. The first kappa shape index (κ1) is 13.5. The number of benzene rings is 1. The molecule has 0 saturated carbocycles. The van der Waals surface area contributed by atoms with Crippen LogP contribution in [0.15, 0.2) is 24.3 Å². The summed E-state index contributed by atoms with van der Waals surface area (Å²) in [6.45, 7) is 4.96. The summed E-state index contributed by atoms with van der Waals surface area (Å²) in [5, 5.41) is 0. The highest BCUT2D eigenvalue weighted by molar-refractivity contribution is 5.81. The third-order valence-corrected chi connectivity index (χ3v) is 2.78. The molecule has 0 saturated heterocycles. The van der Waals surface area contributed by atoms with Gasteiger partial charge in [-0.15, -0.1) is 0 Å². The van der Waals surface area contributed by atoms with Gasteiger partial charge < -0.3 is 16.2 Å². The van der Waals surface area contributed by atoms with Gasteiger partial charge in [-0.05, 0) is 23.6 Å². The molecule has 0 fully saturated rings. The Morgan fingerprint density at radius 1 is 1.35 bits per heavy atom. The third-order valence-electron chi connectivity index (χ3n) is 2.78. The van der Waals surface area contributed by atoms with Crippen molar-refractivity contribution in [1.29, 1.82) is 0 Å². The molecule has 1 aromatic rings. The Morgan fingerprint density at radius 2 is 1.94 bits per heavy atom. The first-order valence-corrected chi connectivity index (χ1v) is 5.82. The number of primary amides is 1. The van der Waals surface area contributed by atoms with Crippen molar-refractivity contribution < 1.29 is 9.53 Å². The van der Waals surface area contributed by atoms with Gasteiger partial charge in [0.2, 0.25) is 5.91 Å². The van der Waals surface area contributed by atoms with Crippen LogP contribution in [0.2, 0.25) is 0 Å². The topological polar surface area (TPSA) is 78.3 Å². The molecule has 0 aliphatic rings. The fraction of sp³-hybridized carbons (Fsp3) is 0.462. The van der Waals surface area contributed by atoms with Crippen LogP contribution >= 0.6 is 0 Å². The molecule has 0 heterocycles. The molecule has 2 atom stereocenters. The van der Waals surface area contributed by atoms with Crippen LogP contribution in [0.1, 0.15) is 31.9 Å². The zero-order chi connectivity index (χ0) is 12.8. The SMILES string of the molecule is CC[C@H](C)COc1ccc([C@@H](N)C(N)=O)cc1. The Balaban J connectivity index is 2.59. The second-order valence-corrected chi connectivity index (χ2v) is 4.27. The largest absolute Gasteiger partial charge is 0.493 e. The van der Waals surface area contributed by atoms with E-state index in [2.05, 4.69) is 13.8 Å². The van der Waals surface area contributed by atoms with Gasteiger partial charge in [0, 0.05) is 0 Å². The minimum absolute atomic E-state index is 0.529. The number of hydrogen-bond acceptors (Lipinski definition) is 3. The maximum Gasteiger partial charge on any atom is 0.238 e. The fourth-order valence-corrected chi connectivity index (χ4v) is 1.29. The number of ether oxygens (including phenoxy) is 1. The standard InChI is InChI=1S/C13H20N2O2/c1-3-9(2)8-17-11-6-4-10(5-7-11)12(14)13(15)16/h4-7,9,12H,3,8,14H2,1-2H3,(H2,15,16)/t9-,12+/m0/s1. The average molecular weight is 236 g/mol. The molecular weight excluding hydrogens is 216 g/mol. The lowest BCUT2D eigenvalue weighted by Gasteiger charge is -2.12. The maximum atomic E-state index is 10.9. The van der Waals surface area contributed by atoms with Crippen LogP contribution < -0.4 is 16.2 Å². The van der Waals surface area contributed by atoms with Gasteiger partial charge in [-0.25, -0.2) is 0 Å². The molecule has 0 aliphatic carbocycles. The van der Waals surface area contributed by atoms with Gasteiger partial charge >= 0.3 is 0 Å². The average Bonchev–Trinajstić information content (AvgIpc) is 2.35. The summed E-state index contributed by atoms with van der Waals surface area (Å²) in [6.07, 6.45) is 1.09. The molecule has 17 heavy (non-hydrogen) atoms. The van der Waals surface area contributed by atoms with Crippen LogP contribution in [0, 0.1) is 5.92 Å². The second kappa shape index (κ2) is 6.25. The quantitative estimate of drug-likeness (QED) is 0.787. The molecule has 1 rings (SSSR count). The van der Waals surface area contributed by atoms with E-state index in [1.165, 1.54) is 0 Å². The molecule has 4 nitrogen and oxygen atoms in total. The van der Waals surface area contributed by atoms with Crippen molar-refractivity contribution in [1.82, 2.24) is 0 Å². The van der Waals surface area contributed by atoms with Crippen LogP contribution in [-0.2, 0) is 4.79 Å². The summed E-state index contributed by atoms with van der Waals surface area (Å²) >= 11 is 0. The van der Waals surface area contributed by atoms with Crippen LogP contribution in [0.4, 0.5) is 0 Å². The predicted molar refractivity (Wildman–Crippen MR) is 67.5 cm³/mol. The Labute approximate surface area is 102 Å². The molecule has 94 valence electrons. The number of rotatable bonds is 6. The van der Waals surface area contributed by atoms with Crippen LogP contribution in [0.25, 0.3) is 0 Å². The highest BCUT2D eigenvalue weighted by atomic mass is 16.5. The predicted octanol–water partition coefficient (Wildman–Crippen LogP) is 1.60. The number of carbonyl (C=O) groups is 1. The highest BCUT2D eigenvalue weighted by Gasteiger charge is 2.11. The van der Waals surface area contributed by atoms with Crippen LogP contribution in [0.5, 0.6) is 5.75 Å². The van der Waals surface area contributed by atoms with Gasteiger partial charge in [-0.2, -0.15) is 0 Å². The Hall–Kier alpha value is -1.55. The molecule has 0 spiro atoms. The molecule has 4 heteroatoms. The van der Waals surface area contributed by atoms with Gasteiger partial charge in [0.1, 0.15) is 11.8 Å². The number of nitrogens with two attached hydrogens (primary N) is 2. The summed E-state index contributed by atoms with van der Waals surface area (Å²) < 4.78 is 5.60. The maximum absolute atomic E-state index is 10.9. The minimum atomic E-state index is -0.751. The van der Waals surface area contributed by atoms with E-state index in [1.54, 1.807) is 24.3 Å². The Morgan fingerprint density at radius 3 is 2.41 bits per heavy atom. The van der Waals surface area contributed by atoms with Crippen LogP contribution in [0.3, 0.4) is 0 Å². The fourth-order valence-electron chi connectivity index (χ4n) is 1.29. The van der Waals surface area contributed by atoms with Gasteiger partial charge in [0.05, 0.1) is 6.61 Å². The van der Waals surface area contributed by atoms with Crippen LogP contribution in [-0.4, -0.2) is 12.5 Å². The lowest BCUT2D eigenvalue weighted by molar-refractivity contribution is -0.119. The van der Waals surface area contributed by atoms with E-state index < -0.39 is 11.9 Å². The third kappa shape index (κ3) is 4.07. The second-order valence-electron chi connectivity index (χ2n) is 4.27. The van der Waals surface area contributed by atoms with E-state index in [9.17, 15) is 4.79 Å². The van der Waals surface area contributed by atoms with E-state index in [1.807, 2.05) is 0 Å². The molecule has 0 bridgehead atoms. The lowest BCUT2D eigenvalue weighted by atomic mass is 10.1. The molecule has 0 unspecified atom stereocenters. The van der Waals surface area contributed by atoms with E-state index >= 15 is 0 Å². The van der Waals surface area contributed by atoms with E-state index in [0.717, 1.165) is 12.2 Å². The summed E-state index contributed by atoms with van der Waals surface area (Å²) in [6, 6.07) is 6.39. The Bertz CT molecular complexity index is 362. The molecule has 4 N–H and O–H groups in total. The van der Waals surface area contributed by atoms with Gasteiger partial charge in [-0.1, -0.05) is 32.4 Å². The van der Waals surface area contributed by atoms with Crippen molar-refractivity contribution in [2.24, 2.45) is 17.4 Å². The Kier molecular flexibility index (Phi) is 4.97. The number of amides is 1. The van der Waals surface area contributed by atoms with Gasteiger partial charge in [-0.3, -0.25) is 4.79 Å². The monoisotopic (exact) mass is 236 g/mol. The van der Waals surface area contributed by atoms with E-state index in [-0.39, 0.29) is 0 Å². The molecule has 1 aromatic carbocycles. The normalized spacial score (nSPS) is 14.1. The van der Waals surface area contributed by atoms with Crippen molar-refractivity contribution in [2.45, 2.75) is 26.3 Å². The molecule has 0 aromatic heterocycles.